The lowest BCUT2D eigenvalue weighted by atomic mass is 10.3. The summed E-state index contributed by atoms with van der Waals surface area (Å²) in [6.07, 6.45) is 0. The first kappa shape index (κ1) is 15.8. The highest BCUT2D eigenvalue weighted by molar-refractivity contribution is 8.13. The summed E-state index contributed by atoms with van der Waals surface area (Å²) in [5.41, 5.74) is 0. The Labute approximate surface area is 124 Å². The van der Waals surface area contributed by atoms with E-state index in [1.165, 1.54) is 4.90 Å². The Balaban J connectivity index is 2.04. The lowest BCUT2D eigenvalue weighted by molar-refractivity contribution is 0.200. The summed E-state index contributed by atoms with van der Waals surface area (Å²) in [5, 5.41) is 2.58. The van der Waals surface area contributed by atoms with Crippen molar-refractivity contribution in [1.82, 2.24) is 10.2 Å². The average molecular weight is 341 g/mol. The molecule has 21 heavy (non-hydrogen) atoms. The fourth-order valence-corrected chi connectivity index (χ4v) is 2.70. The van der Waals surface area contributed by atoms with Crippen LogP contribution in [0.1, 0.15) is 0 Å². The van der Waals surface area contributed by atoms with E-state index in [2.05, 4.69) is 5.32 Å². The molecule has 116 valence electrons. The second-order valence-corrected chi connectivity index (χ2v) is 6.73. The van der Waals surface area contributed by atoms with Crippen LogP contribution in [0.2, 0.25) is 0 Å². The number of amides is 2. The molecule has 0 saturated carbocycles. The van der Waals surface area contributed by atoms with Gasteiger partial charge in [-0.15, -0.1) is 0 Å². The summed E-state index contributed by atoms with van der Waals surface area (Å²) < 4.78 is 54.2. The van der Waals surface area contributed by atoms with Gasteiger partial charge in [-0.1, -0.05) is 0 Å². The summed E-state index contributed by atoms with van der Waals surface area (Å²) in [5.74, 6) is -3.49. The van der Waals surface area contributed by atoms with Gasteiger partial charge in [-0.3, -0.25) is 0 Å². The number of nitrogens with zero attached hydrogens (tertiary/aromatic N) is 1. The molecule has 1 aromatic rings. The van der Waals surface area contributed by atoms with Crippen molar-refractivity contribution >= 4 is 25.8 Å². The van der Waals surface area contributed by atoms with Gasteiger partial charge in [0.1, 0.15) is 11.5 Å². The van der Waals surface area contributed by atoms with E-state index in [9.17, 15) is 22.0 Å². The topological polar surface area (TPSA) is 75.7 Å². The Bertz CT molecular complexity index is 668. The Morgan fingerprint density at radius 1 is 1.33 bits per heavy atom. The lowest BCUT2D eigenvalue weighted by Crippen LogP contribution is -2.31. The molecule has 0 radical (unpaired) electrons. The molecule has 10 heteroatoms. The van der Waals surface area contributed by atoms with Gasteiger partial charge in [-0.05, 0) is 12.1 Å². The van der Waals surface area contributed by atoms with Crippen molar-refractivity contribution in [2.24, 2.45) is 0 Å². The molecule has 0 aliphatic carbocycles. The van der Waals surface area contributed by atoms with Gasteiger partial charge in [0.2, 0.25) is 5.82 Å². The highest BCUT2D eigenvalue weighted by Gasteiger charge is 2.23. The van der Waals surface area contributed by atoms with E-state index in [0.717, 1.165) is 12.1 Å². The van der Waals surface area contributed by atoms with E-state index in [-0.39, 0.29) is 19.2 Å². The van der Waals surface area contributed by atoms with Crippen LogP contribution < -0.4 is 10.1 Å². The monoisotopic (exact) mass is 340 g/mol. The standard InChI is InChI=1S/C11H11ClF2N2O4S/c12-21(18,19)8-2-1-7(9(13)10(8)14)20-6-5-16-4-3-15-11(16)17/h1-2H,3-6H2,(H,15,17). The van der Waals surface area contributed by atoms with Crippen LogP contribution in [0.25, 0.3) is 0 Å². The Morgan fingerprint density at radius 3 is 2.62 bits per heavy atom. The van der Waals surface area contributed by atoms with Gasteiger partial charge in [0, 0.05) is 23.8 Å². The minimum absolute atomic E-state index is 0.0588. The predicted octanol–water partition coefficient (Wildman–Crippen LogP) is 1.30. The molecule has 1 fully saturated rings. The van der Waals surface area contributed by atoms with Crippen molar-refractivity contribution in [3.63, 3.8) is 0 Å². The van der Waals surface area contributed by atoms with E-state index in [0.29, 0.717) is 13.1 Å². The van der Waals surface area contributed by atoms with Crippen LogP contribution in [0.4, 0.5) is 13.6 Å². The largest absolute Gasteiger partial charge is 0.489 e. The smallest absolute Gasteiger partial charge is 0.317 e. The van der Waals surface area contributed by atoms with E-state index in [4.69, 9.17) is 15.4 Å². The summed E-state index contributed by atoms with van der Waals surface area (Å²) in [4.78, 5) is 11.7. The molecule has 2 amide bonds. The van der Waals surface area contributed by atoms with Crippen molar-refractivity contribution in [2.75, 3.05) is 26.2 Å². The number of urea groups is 1. The molecule has 0 spiro atoms. The van der Waals surface area contributed by atoms with Crippen molar-refractivity contribution in [2.45, 2.75) is 4.90 Å². The van der Waals surface area contributed by atoms with Crippen LogP contribution in [0.5, 0.6) is 5.75 Å². The molecule has 1 aromatic carbocycles. The molecule has 1 aliphatic rings. The second-order valence-electron chi connectivity index (χ2n) is 4.20. The molecular weight excluding hydrogens is 330 g/mol. The number of hydrogen-bond donors (Lipinski definition) is 1. The first-order valence-electron chi connectivity index (χ1n) is 5.89. The molecule has 0 aromatic heterocycles. The first-order valence-corrected chi connectivity index (χ1v) is 8.20. The number of halogens is 3. The van der Waals surface area contributed by atoms with Crippen LogP contribution in [-0.2, 0) is 9.05 Å². The Kier molecular flexibility index (Phi) is 4.52. The van der Waals surface area contributed by atoms with E-state index < -0.39 is 31.3 Å². The van der Waals surface area contributed by atoms with Gasteiger partial charge in [0.05, 0.1) is 6.54 Å². The number of rotatable bonds is 5. The van der Waals surface area contributed by atoms with E-state index in [1.807, 2.05) is 0 Å². The zero-order chi connectivity index (χ0) is 15.6. The van der Waals surface area contributed by atoms with Crippen molar-refractivity contribution < 1.29 is 26.7 Å². The molecule has 2 rings (SSSR count). The van der Waals surface area contributed by atoms with Gasteiger partial charge < -0.3 is 15.0 Å². The van der Waals surface area contributed by atoms with E-state index in [1.54, 1.807) is 0 Å². The fraction of sp³-hybridized carbons (Fsp3) is 0.364. The highest BCUT2D eigenvalue weighted by atomic mass is 35.7. The van der Waals surface area contributed by atoms with Crippen LogP contribution in [0.3, 0.4) is 0 Å². The summed E-state index contributed by atoms with van der Waals surface area (Å²) in [6.45, 7) is 1.16. The maximum atomic E-state index is 13.7. The highest BCUT2D eigenvalue weighted by Crippen LogP contribution is 2.27. The van der Waals surface area contributed by atoms with Gasteiger partial charge in [0.25, 0.3) is 9.05 Å². The number of benzene rings is 1. The van der Waals surface area contributed by atoms with Crippen LogP contribution >= 0.6 is 10.7 Å². The SMILES string of the molecule is O=C1NCCN1CCOc1ccc(S(=O)(=O)Cl)c(F)c1F. The van der Waals surface area contributed by atoms with Gasteiger partial charge >= 0.3 is 6.03 Å². The maximum Gasteiger partial charge on any atom is 0.317 e. The Morgan fingerprint density at radius 2 is 2.05 bits per heavy atom. The predicted molar refractivity (Wildman–Crippen MR) is 69.9 cm³/mol. The Hall–Kier alpha value is -1.61. The minimum Gasteiger partial charge on any atom is -0.489 e. The normalized spacial score (nSPS) is 15.2. The van der Waals surface area contributed by atoms with Crippen molar-refractivity contribution in [3.05, 3.63) is 23.8 Å². The van der Waals surface area contributed by atoms with Gasteiger partial charge in [-0.25, -0.2) is 17.6 Å². The van der Waals surface area contributed by atoms with Crippen LogP contribution in [0.15, 0.2) is 17.0 Å². The zero-order valence-electron chi connectivity index (χ0n) is 10.6. The number of ether oxygens (including phenoxy) is 1. The van der Waals surface area contributed by atoms with Crippen LogP contribution in [0, 0.1) is 11.6 Å². The molecular formula is C11H11ClF2N2O4S. The van der Waals surface area contributed by atoms with E-state index >= 15 is 0 Å². The number of carbonyl (C=O) groups excluding carboxylic acids is 1. The maximum absolute atomic E-state index is 13.7. The third-order valence-electron chi connectivity index (χ3n) is 2.84. The zero-order valence-corrected chi connectivity index (χ0v) is 12.2. The second kappa shape index (κ2) is 6.02. The molecule has 6 nitrogen and oxygen atoms in total. The molecule has 1 aliphatic heterocycles. The first-order chi connectivity index (χ1) is 9.80. The molecule has 1 heterocycles. The summed E-state index contributed by atoms with van der Waals surface area (Å²) >= 11 is 0. The third-order valence-corrected chi connectivity index (χ3v) is 4.18. The average Bonchev–Trinajstić information content (AvgIpc) is 2.79. The van der Waals surface area contributed by atoms with Crippen LogP contribution in [-0.4, -0.2) is 45.6 Å². The summed E-state index contributed by atoms with van der Waals surface area (Å²) in [7, 11) is 0.595. The molecule has 1 N–H and O–H groups in total. The van der Waals surface area contributed by atoms with Crippen molar-refractivity contribution in [1.29, 1.82) is 0 Å². The molecule has 0 unspecified atom stereocenters. The number of carbonyl (C=O) groups is 1. The fourth-order valence-electron chi connectivity index (χ4n) is 1.80. The minimum atomic E-state index is -4.37. The number of nitrogens with one attached hydrogen (secondary N) is 1. The third kappa shape index (κ3) is 3.53. The molecule has 1 saturated heterocycles. The summed E-state index contributed by atoms with van der Waals surface area (Å²) in [6, 6.07) is 1.53. The quantitative estimate of drug-likeness (QED) is 0.820. The number of hydrogen-bond acceptors (Lipinski definition) is 4. The van der Waals surface area contributed by atoms with Crippen molar-refractivity contribution in [3.8, 4) is 5.75 Å². The van der Waals surface area contributed by atoms with Gasteiger partial charge in [0.15, 0.2) is 11.6 Å². The molecule has 0 atom stereocenters. The van der Waals surface area contributed by atoms with Gasteiger partial charge in [-0.2, -0.15) is 4.39 Å². The lowest BCUT2D eigenvalue weighted by Gasteiger charge is -2.15. The molecule has 0 bridgehead atoms.